The number of nitrogens with zero attached hydrogens (tertiary/aromatic N) is 6. The summed E-state index contributed by atoms with van der Waals surface area (Å²) in [6.45, 7) is 9.44. The Hall–Kier alpha value is -6.93. The highest BCUT2D eigenvalue weighted by Crippen LogP contribution is 2.33. The summed E-state index contributed by atoms with van der Waals surface area (Å²) in [4.78, 5) is 53.8. The first-order chi connectivity index (χ1) is 33.7. The normalized spacial score (nSPS) is 18.1. The van der Waals surface area contributed by atoms with Gasteiger partial charge < -0.3 is 56.1 Å². The van der Waals surface area contributed by atoms with E-state index in [4.69, 9.17) is 29.2 Å². The van der Waals surface area contributed by atoms with E-state index in [0.717, 1.165) is 76.0 Å². The van der Waals surface area contributed by atoms with Gasteiger partial charge in [0.2, 0.25) is 17.8 Å². The Morgan fingerprint density at radius 1 is 0.899 bits per heavy atom. The first-order valence-corrected chi connectivity index (χ1v) is 23.8. The van der Waals surface area contributed by atoms with Crippen LogP contribution >= 0.6 is 0 Å². The number of rotatable bonds is 21. The van der Waals surface area contributed by atoms with Gasteiger partial charge in [-0.15, -0.1) is 0 Å². The minimum Gasteiger partial charge on any atom is -0.459 e. The molecular formula is C50H60N12O7. The second-order valence-corrected chi connectivity index (χ2v) is 17.8. The quantitative estimate of drug-likeness (QED) is 0.0495. The van der Waals surface area contributed by atoms with Crippen LogP contribution in [0.4, 0.5) is 17.3 Å². The molecule has 3 aliphatic rings. The molecule has 2 unspecified atom stereocenters. The van der Waals surface area contributed by atoms with Crippen molar-refractivity contribution in [1.82, 2.24) is 45.4 Å². The maximum atomic E-state index is 13.0. The number of benzene rings is 3. The highest BCUT2D eigenvalue weighted by Gasteiger charge is 2.39. The van der Waals surface area contributed by atoms with E-state index >= 15 is 0 Å². The molecule has 9 rings (SSSR count). The van der Waals surface area contributed by atoms with Crippen molar-refractivity contribution in [2.24, 2.45) is 0 Å². The van der Waals surface area contributed by atoms with Gasteiger partial charge >= 0.3 is 6.01 Å². The molecule has 69 heavy (non-hydrogen) atoms. The van der Waals surface area contributed by atoms with Crippen LogP contribution in [-0.4, -0.2) is 130 Å². The first-order valence-electron chi connectivity index (χ1n) is 23.8. The zero-order valence-corrected chi connectivity index (χ0v) is 39.0. The number of pyridine rings is 1. The van der Waals surface area contributed by atoms with Gasteiger partial charge in [-0.3, -0.25) is 19.4 Å². The molecule has 0 bridgehead atoms. The molecule has 3 amide bonds. The summed E-state index contributed by atoms with van der Waals surface area (Å²) in [7, 11) is 0. The van der Waals surface area contributed by atoms with Crippen molar-refractivity contribution in [2.45, 2.75) is 76.9 Å². The Kier molecular flexibility index (Phi) is 15.0. The van der Waals surface area contributed by atoms with Crippen molar-refractivity contribution in [3.05, 3.63) is 101 Å². The molecule has 6 heterocycles. The lowest BCUT2D eigenvalue weighted by atomic mass is 9.99. The average molecular weight is 941 g/mol. The Morgan fingerprint density at radius 3 is 2.55 bits per heavy atom. The van der Waals surface area contributed by atoms with Gasteiger partial charge in [-0.25, -0.2) is 0 Å². The Labute approximate surface area is 400 Å². The van der Waals surface area contributed by atoms with Crippen LogP contribution < -0.4 is 36.6 Å². The van der Waals surface area contributed by atoms with E-state index in [2.05, 4.69) is 81.2 Å². The van der Waals surface area contributed by atoms with Gasteiger partial charge in [-0.05, 0) is 91.1 Å². The summed E-state index contributed by atoms with van der Waals surface area (Å²) in [6, 6.07) is 21.6. The van der Waals surface area contributed by atoms with Gasteiger partial charge in [-0.2, -0.15) is 19.6 Å². The number of ether oxygens (including phenoxy) is 3. The van der Waals surface area contributed by atoms with Crippen LogP contribution in [0.2, 0.25) is 0 Å². The molecule has 0 aliphatic carbocycles. The lowest BCUT2D eigenvalue weighted by Gasteiger charge is -2.32. The second kappa shape index (κ2) is 22.0. The molecule has 362 valence electrons. The number of piperidine rings is 2. The molecule has 19 nitrogen and oxygen atoms in total. The molecule has 3 aliphatic heterocycles. The number of anilines is 3. The number of aromatic nitrogens is 5. The Balaban J connectivity index is 0.694. The number of carbonyl (C=O) groups excluding carboxylic acids is 3. The first kappa shape index (κ1) is 47.1. The SMILES string of the molecule is CC(C)c1cnn2c(NCc3ccccc3-c3nccc4cc(NCCOCCOCCNC(=O)CNc5ccc6c(c5)CN(C5CCC(O)NC5=O)C6=O)ccc34)nc(O[C@@H]3CCCNC3)nc12. The number of amides is 3. The molecule has 2 saturated heterocycles. The summed E-state index contributed by atoms with van der Waals surface area (Å²) in [5.74, 6) is 0.0339. The third-order valence-corrected chi connectivity index (χ3v) is 12.6. The van der Waals surface area contributed by atoms with Crippen molar-refractivity contribution in [1.29, 1.82) is 0 Å². The van der Waals surface area contributed by atoms with Crippen LogP contribution in [0.15, 0.2) is 79.1 Å². The average Bonchev–Trinajstić information content (AvgIpc) is 3.94. The third kappa shape index (κ3) is 11.3. The highest BCUT2D eigenvalue weighted by molar-refractivity contribution is 6.02. The minimum atomic E-state index is -0.881. The molecule has 0 saturated carbocycles. The van der Waals surface area contributed by atoms with Gasteiger partial charge in [0.25, 0.3) is 5.91 Å². The van der Waals surface area contributed by atoms with Crippen LogP contribution in [0.1, 0.15) is 72.5 Å². The van der Waals surface area contributed by atoms with Crippen LogP contribution in [0.3, 0.4) is 0 Å². The van der Waals surface area contributed by atoms with E-state index in [-0.39, 0.29) is 36.3 Å². The summed E-state index contributed by atoms with van der Waals surface area (Å²) >= 11 is 0. The predicted octanol–water partition coefficient (Wildman–Crippen LogP) is 4.43. The Bertz CT molecular complexity index is 2780. The fourth-order valence-electron chi connectivity index (χ4n) is 8.98. The van der Waals surface area contributed by atoms with E-state index in [1.54, 1.807) is 16.6 Å². The lowest BCUT2D eigenvalue weighted by Crippen LogP contribution is -2.54. The van der Waals surface area contributed by atoms with E-state index < -0.39 is 12.3 Å². The molecule has 19 heteroatoms. The van der Waals surface area contributed by atoms with Crippen molar-refractivity contribution >= 4 is 51.5 Å². The summed E-state index contributed by atoms with van der Waals surface area (Å²) in [6.07, 6.45) is 5.63. The van der Waals surface area contributed by atoms with Crippen molar-refractivity contribution in [3.8, 4) is 17.3 Å². The van der Waals surface area contributed by atoms with E-state index in [1.165, 1.54) is 4.90 Å². The number of aliphatic hydroxyl groups excluding tert-OH is 1. The zero-order chi connectivity index (χ0) is 47.7. The maximum Gasteiger partial charge on any atom is 0.322 e. The molecule has 3 atom stereocenters. The largest absolute Gasteiger partial charge is 0.459 e. The number of fused-ring (bicyclic) bond motifs is 3. The summed E-state index contributed by atoms with van der Waals surface area (Å²) < 4.78 is 19.5. The molecule has 0 spiro atoms. The monoisotopic (exact) mass is 940 g/mol. The molecule has 2 fully saturated rings. The standard InChI is InChI=1S/C50H60N12O7/c1-31(2)41-28-57-62-46(41)59-50(69-37-7-5-16-51-27-37)60-49(62)56-26-33-6-3-4-8-38(33)45-39-11-9-35(24-32(39)15-17-54-45)52-18-20-67-22-23-68-21-19-53-44(64)29-55-36-10-12-40-34(25-36)30-61(48(40)66)42-13-14-43(63)58-47(42)65/h3-4,6,8-12,15,17,24-25,28,31,37,42-43,51-52,55,63H,5,7,13-14,16,18-23,26-27,29-30H2,1-2H3,(H,53,64)(H,58,65)(H,56,59,60)/t37-,42?,43?/m1/s1. The predicted molar refractivity (Wildman–Crippen MR) is 261 cm³/mol. The van der Waals surface area contributed by atoms with E-state index in [0.29, 0.717) is 88.7 Å². The van der Waals surface area contributed by atoms with Crippen LogP contribution in [0, 0.1) is 0 Å². The summed E-state index contributed by atoms with van der Waals surface area (Å²) in [5.41, 5.74) is 7.71. The number of hydrogen-bond donors (Lipinski definition) is 7. The van der Waals surface area contributed by atoms with E-state index in [9.17, 15) is 19.5 Å². The highest BCUT2D eigenvalue weighted by atomic mass is 16.5. The van der Waals surface area contributed by atoms with Crippen LogP contribution in [0.5, 0.6) is 6.01 Å². The molecule has 7 N–H and O–H groups in total. The van der Waals surface area contributed by atoms with Crippen LogP contribution in [-0.2, 0) is 32.2 Å². The molecule has 6 aromatic rings. The number of nitrogens with one attached hydrogen (secondary N) is 6. The fraction of sp³-hybridized carbons (Fsp3) is 0.420. The molecule has 0 radical (unpaired) electrons. The smallest absolute Gasteiger partial charge is 0.322 e. The number of hydrogen-bond acceptors (Lipinski definition) is 15. The van der Waals surface area contributed by atoms with E-state index in [1.807, 2.05) is 36.7 Å². The maximum absolute atomic E-state index is 13.0. The van der Waals surface area contributed by atoms with Gasteiger partial charge in [0.15, 0.2) is 5.65 Å². The molecular weight excluding hydrogens is 881 g/mol. The van der Waals surface area contributed by atoms with Crippen molar-refractivity contribution in [3.63, 3.8) is 0 Å². The van der Waals surface area contributed by atoms with Gasteiger partial charge in [0, 0.05) is 72.4 Å². The van der Waals surface area contributed by atoms with Gasteiger partial charge in [0.1, 0.15) is 18.4 Å². The number of carbonyl (C=O) groups is 3. The second-order valence-electron chi connectivity index (χ2n) is 17.8. The van der Waals surface area contributed by atoms with Crippen molar-refractivity contribution in [2.75, 3.05) is 75.1 Å². The van der Waals surface area contributed by atoms with Crippen molar-refractivity contribution < 1.29 is 33.7 Å². The topological polar surface area (TPSA) is 231 Å². The van der Waals surface area contributed by atoms with Gasteiger partial charge in [-0.1, -0.05) is 44.2 Å². The van der Waals surface area contributed by atoms with Gasteiger partial charge in [0.05, 0.1) is 44.9 Å². The Morgan fingerprint density at radius 2 is 1.72 bits per heavy atom. The fourth-order valence-corrected chi connectivity index (χ4v) is 8.98. The minimum absolute atomic E-state index is 0.0126. The molecule has 3 aromatic carbocycles. The van der Waals surface area contributed by atoms with Crippen LogP contribution in [0.25, 0.3) is 27.7 Å². The zero-order valence-electron chi connectivity index (χ0n) is 39.0. The molecule has 3 aromatic heterocycles. The lowest BCUT2D eigenvalue weighted by molar-refractivity contribution is -0.132. The number of aliphatic hydroxyl groups is 1. The summed E-state index contributed by atoms with van der Waals surface area (Å²) in [5, 5.41) is 35.3. The third-order valence-electron chi connectivity index (χ3n) is 12.6.